The maximum atomic E-state index is 12.3. The second-order valence-electron chi connectivity index (χ2n) is 6.42. The van der Waals surface area contributed by atoms with Crippen molar-refractivity contribution in [3.63, 3.8) is 0 Å². The molecule has 0 saturated heterocycles. The summed E-state index contributed by atoms with van der Waals surface area (Å²) in [4.78, 5) is 16.1. The van der Waals surface area contributed by atoms with Gasteiger partial charge in [-0.1, -0.05) is 47.1 Å². The Balaban J connectivity index is 1.55. The molecule has 3 rings (SSSR count). The van der Waals surface area contributed by atoms with Crippen LogP contribution in [0.5, 0.6) is 5.75 Å². The molecule has 0 bridgehead atoms. The Morgan fingerprint density at radius 3 is 2.67 bits per heavy atom. The number of ether oxygens (including phenoxy) is 1. The van der Waals surface area contributed by atoms with E-state index in [4.69, 9.17) is 20.9 Å². The van der Waals surface area contributed by atoms with Crippen LogP contribution < -0.4 is 10.1 Å². The molecule has 1 heterocycles. The summed E-state index contributed by atoms with van der Waals surface area (Å²) in [5.74, 6) is -0.454. The zero-order chi connectivity index (χ0) is 21.6. The minimum atomic E-state index is -3.62. The van der Waals surface area contributed by atoms with Crippen molar-refractivity contribution in [2.24, 2.45) is 0 Å². The van der Waals surface area contributed by atoms with E-state index < -0.39 is 21.5 Å². The molecule has 1 amide bonds. The van der Waals surface area contributed by atoms with Crippen molar-refractivity contribution in [1.82, 2.24) is 15.5 Å². The van der Waals surface area contributed by atoms with Crippen LogP contribution in [-0.4, -0.2) is 37.3 Å². The van der Waals surface area contributed by atoms with E-state index in [9.17, 15) is 13.2 Å². The number of hydrogen-bond donors (Lipinski definition) is 1. The first kappa shape index (κ1) is 21.8. The zero-order valence-electron chi connectivity index (χ0n) is 16.2. The minimum absolute atomic E-state index is 0.0487. The van der Waals surface area contributed by atoms with Gasteiger partial charge < -0.3 is 14.6 Å². The van der Waals surface area contributed by atoms with Gasteiger partial charge in [-0.05, 0) is 23.8 Å². The van der Waals surface area contributed by atoms with E-state index in [0.29, 0.717) is 16.3 Å². The highest BCUT2D eigenvalue weighted by Gasteiger charge is 2.20. The Morgan fingerprint density at radius 2 is 1.90 bits per heavy atom. The number of carbonyl (C=O) groups excluding carboxylic acids is 1. The second-order valence-corrected chi connectivity index (χ2v) is 9.01. The number of nitrogens with zero attached hydrogens (tertiary/aromatic N) is 2. The summed E-state index contributed by atoms with van der Waals surface area (Å²) in [6.45, 7) is 0.227. The Hall–Kier alpha value is -2.91. The highest BCUT2D eigenvalue weighted by atomic mass is 35.5. The normalized spacial score (nSPS) is 11.3. The predicted octanol–water partition coefficient (Wildman–Crippen LogP) is 3.02. The van der Waals surface area contributed by atoms with Crippen LogP contribution in [0.2, 0.25) is 5.02 Å². The van der Waals surface area contributed by atoms with Crippen molar-refractivity contribution in [2.45, 2.75) is 18.7 Å². The Kier molecular flexibility index (Phi) is 7.07. The number of methoxy groups -OCH3 is 1. The fourth-order valence-electron chi connectivity index (χ4n) is 2.68. The maximum absolute atomic E-state index is 12.3. The summed E-state index contributed by atoms with van der Waals surface area (Å²) in [6, 6.07) is 14.2. The van der Waals surface area contributed by atoms with Crippen molar-refractivity contribution in [3.8, 4) is 17.1 Å². The van der Waals surface area contributed by atoms with Gasteiger partial charge in [0.05, 0.1) is 18.4 Å². The molecule has 0 atom stereocenters. The number of carbonyl (C=O) groups is 1. The monoisotopic (exact) mass is 449 g/mol. The van der Waals surface area contributed by atoms with Gasteiger partial charge >= 0.3 is 0 Å². The van der Waals surface area contributed by atoms with Gasteiger partial charge in [-0.3, -0.25) is 4.79 Å². The molecule has 1 N–H and O–H groups in total. The third kappa shape index (κ3) is 5.80. The lowest BCUT2D eigenvalue weighted by Crippen LogP contribution is -2.25. The topological polar surface area (TPSA) is 111 Å². The number of nitrogens with one attached hydrogen (secondary N) is 1. The van der Waals surface area contributed by atoms with Crippen molar-refractivity contribution in [3.05, 3.63) is 65.0 Å². The molecule has 0 spiro atoms. The Labute approximate surface area is 179 Å². The number of hydrogen-bond acceptors (Lipinski definition) is 7. The lowest BCUT2D eigenvalue weighted by atomic mass is 10.2. The number of aromatic nitrogens is 2. The van der Waals surface area contributed by atoms with Crippen LogP contribution in [-0.2, 0) is 26.9 Å². The molecule has 10 heteroatoms. The van der Waals surface area contributed by atoms with E-state index in [-0.39, 0.29) is 30.4 Å². The first-order valence-electron chi connectivity index (χ1n) is 9.04. The molecule has 3 aromatic rings. The fraction of sp³-hybridized carbons (Fsp3) is 0.250. The van der Waals surface area contributed by atoms with Crippen molar-refractivity contribution in [2.75, 3.05) is 12.9 Å². The van der Waals surface area contributed by atoms with E-state index in [0.717, 1.165) is 5.56 Å². The van der Waals surface area contributed by atoms with Crippen molar-refractivity contribution >= 4 is 27.3 Å². The highest BCUT2D eigenvalue weighted by Crippen LogP contribution is 2.27. The molecular formula is C20H20ClN3O5S. The van der Waals surface area contributed by atoms with Gasteiger partial charge in [0, 0.05) is 18.0 Å². The van der Waals surface area contributed by atoms with Crippen LogP contribution in [0.15, 0.2) is 53.1 Å². The summed E-state index contributed by atoms with van der Waals surface area (Å²) < 4.78 is 35.0. The van der Waals surface area contributed by atoms with E-state index in [1.54, 1.807) is 42.5 Å². The number of amides is 1. The fourth-order valence-corrected chi connectivity index (χ4v) is 4.02. The number of halogens is 1. The molecule has 0 saturated carbocycles. The van der Waals surface area contributed by atoms with Crippen LogP contribution in [0, 0.1) is 0 Å². The average molecular weight is 450 g/mol. The molecule has 2 aromatic carbocycles. The number of para-hydroxylation sites is 1. The molecule has 0 radical (unpaired) electrons. The lowest BCUT2D eigenvalue weighted by Gasteiger charge is -2.07. The lowest BCUT2D eigenvalue weighted by molar-refractivity contribution is -0.120. The molecular weight excluding hydrogens is 430 g/mol. The van der Waals surface area contributed by atoms with Crippen molar-refractivity contribution < 1.29 is 22.5 Å². The quantitative estimate of drug-likeness (QED) is 0.534. The molecule has 30 heavy (non-hydrogen) atoms. The van der Waals surface area contributed by atoms with Gasteiger partial charge in [0.2, 0.25) is 17.6 Å². The van der Waals surface area contributed by atoms with E-state index in [2.05, 4.69) is 15.5 Å². The van der Waals surface area contributed by atoms with Gasteiger partial charge in [-0.25, -0.2) is 8.42 Å². The summed E-state index contributed by atoms with van der Waals surface area (Å²) in [5.41, 5.74) is 1.34. The van der Waals surface area contributed by atoms with Gasteiger partial charge in [-0.15, -0.1) is 0 Å². The first-order chi connectivity index (χ1) is 14.4. The molecule has 158 valence electrons. The predicted molar refractivity (Wildman–Crippen MR) is 112 cm³/mol. The minimum Gasteiger partial charge on any atom is -0.496 e. The number of benzene rings is 2. The smallest absolute Gasteiger partial charge is 0.242 e. The van der Waals surface area contributed by atoms with E-state index >= 15 is 0 Å². The summed E-state index contributed by atoms with van der Waals surface area (Å²) >= 11 is 6.03. The molecule has 0 unspecified atom stereocenters. The number of rotatable bonds is 9. The first-order valence-corrected chi connectivity index (χ1v) is 11.2. The standard InChI is InChI=1S/C20H20ClN3O5S/c1-28-17-9-5-3-7-15(17)20-23-19(29-24-20)13-30(26,27)11-10-18(25)22-12-14-6-2-4-8-16(14)21/h2-9H,10-13H2,1H3,(H,22,25). The SMILES string of the molecule is COc1ccccc1-c1noc(CS(=O)(=O)CCC(=O)NCc2ccccc2Cl)n1. The average Bonchev–Trinajstić information content (AvgIpc) is 3.19. The highest BCUT2D eigenvalue weighted by molar-refractivity contribution is 7.90. The van der Waals surface area contributed by atoms with Gasteiger partial charge in [0.25, 0.3) is 0 Å². The molecule has 0 aliphatic rings. The van der Waals surface area contributed by atoms with Crippen LogP contribution in [0.4, 0.5) is 0 Å². The third-order valence-electron chi connectivity index (χ3n) is 4.23. The van der Waals surface area contributed by atoms with Crippen molar-refractivity contribution in [1.29, 1.82) is 0 Å². The summed E-state index contributed by atoms with van der Waals surface area (Å²) in [5, 5.41) is 7.02. The Bertz CT molecular complexity index is 1130. The van der Waals surface area contributed by atoms with Gasteiger partial charge in [-0.2, -0.15) is 4.98 Å². The van der Waals surface area contributed by atoms with E-state index in [1.807, 2.05) is 6.07 Å². The van der Waals surface area contributed by atoms with Crippen LogP contribution in [0.3, 0.4) is 0 Å². The zero-order valence-corrected chi connectivity index (χ0v) is 17.7. The van der Waals surface area contributed by atoms with Gasteiger partial charge in [0.15, 0.2) is 9.84 Å². The van der Waals surface area contributed by atoms with Crippen LogP contribution >= 0.6 is 11.6 Å². The van der Waals surface area contributed by atoms with Gasteiger partial charge in [0.1, 0.15) is 11.5 Å². The van der Waals surface area contributed by atoms with Crippen LogP contribution in [0.1, 0.15) is 17.9 Å². The maximum Gasteiger partial charge on any atom is 0.242 e. The largest absolute Gasteiger partial charge is 0.496 e. The van der Waals surface area contributed by atoms with E-state index in [1.165, 1.54) is 7.11 Å². The molecule has 0 fully saturated rings. The summed E-state index contributed by atoms with van der Waals surface area (Å²) in [7, 11) is -2.10. The Morgan fingerprint density at radius 1 is 1.17 bits per heavy atom. The molecule has 0 aliphatic heterocycles. The molecule has 8 nitrogen and oxygen atoms in total. The molecule has 1 aromatic heterocycles. The third-order valence-corrected chi connectivity index (χ3v) is 6.11. The second kappa shape index (κ2) is 9.73. The summed E-state index contributed by atoms with van der Waals surface area (Å²) in [6.07, 6.45) is -0.180. The number of sulfone groups is 1. The van der Waals surface area contributed by atoms with Crippen LogP contribution in [0.25, 0.3) is 11.4 Å². The molecule has 0 aliphatic carbocycles.